The van der Waals surface area contributed by atoms with Crippen LogP contribution in [0.1, 0.15) is 11.3 Å². The van der Waals surface area contributed by atoms with Crippen LogP contribution < -0.4 is 10.6 Å². The molecular weight excluding hydrogens is 273 g/mol. The molecule has 1 heterocycles. The lowest BCUT2D eigenvalue weighted by Gasteiger charge is -2.08. The lowest BCUT2D eigenvalue weighted by molar-refractivity contribution is -0.141. The molecule has 1 aromatic carbocycles. The number of alkyl halides is 3. The predicted molar refractivity (Wildman–Crippen MR) is 65.3 cm³/mol. The summed E-state index contributed by atoms with van der Waals surface area (Å²) >= 11 is 0. The van der Waals surface area contributed by atoms with Crippen LogP contribution in [0.2, 0.25) is 0 Å². The minimum atomic E-state index is -4.55. The molecule has 5 nitrogen and oxygen atoms in total. The van der Waals surface area contributed by atoms with E-state index in [0.717, 1.165) is 12.3 Å². The molecule has 0 aliphatic heterocycles. The normalized spacial score (nSPS) is 11.8. The van der Waals surface area contributed by atoms with Crippen molar-refractivity contribution in [3.8, 4) is 11.8 Å². The van der Waals surface area contributed by atoms with Crippen LogP contribution in [-0.4, -0.2) is 16.2 Å². The fourth-order valence-corrected chi connectivity index (χ4v) is 1.40. The zero-order chi connectivity index (χ0) is 14.6. The summed E-state index contributed by atoms with van der Waals surface area (Å²) in [6, 6.07) is 6.82. The molecule has 8 heteroatoms. The summed E-state index contributed by atoms with van der Waals surface area (Å²) in [7, 11) is 0. The molecule has 2 aromatic rings. The average molecular weight is 282 g/mol. The Morgan fingerprint density at radius 3 is 2.75 bits per heavy atom. The third kappa shape index (κ3) is 3.44. The summed E-state index contributed by atoms with van der Waals surface area (Å²) in [5.74, 6) is 5.29. The number of benzene rings is 1. The standard InChI is InChI=1S/C12H9F3N4O/c13-12(14,15)10-4-5-17-11(19-10)20-9-3-1-2-8(6-9)7-18-16/h1-7H,16H2. The van der Waals surface area contributed by atoms with Crippen molar-refractivity contribution >= 4 is 6.21 Å². The van der Waals surface area contributed by atoms with E-state index >= 15 is 0 Å². The number of hydrogen-bond donors (Lipinski definition) is 1. The van der Waals surface area contributed by atoms with Gasteiger partial charge in [0.05, 0.1) is 6.21 Å². The van der Waals surface area contributed by atoms with E-state index < -0.39 is 11.9 Å². The van der Waals surface area contributed by atoms with Gasteiger partial charge >= 0.3 is 12.2 Å². The van der Waals surface area contributed by atoms with E-state index in [1.807, 2.05) is 0 Å². The number of hydrazone groups is 1. The third-order valence-corrected chi connectivity index (χ3v) is 2.21. The van der Waals surface area contributed by atoms with Gasteiger partial charge in [0.15, 0.2) is 5.69 Å². The van der Waals surface area contributed by atoms with E-state index in [1.54, 1.807) is 24.3 Å². The Kier molecular flexibility index (Phi) is 3.83. The minimum Gasteiger partial charge on any atom is -0.424 e. The number of hydrogen-bond acceptors (Lipinski definition) is 5. The summed E-state index contributed by atoms with van der Waals surface area (Å²) in [6.45, 7) is 0. The summed E-state index contributed by atoms with van der Waals surface area (Å²) in [5, 5.41) is 3.34. The van der Waals surface area contributed by atoms with Gasteiger partial charge in [0.2, 0.25) is 0 Å². The first-order valence-electron chi connectivity index (χ1n) is 5.40. The van der Waals surface area contributed by atoms with Crippen molar-refractivity contribution in [2.45, 2.75) is 6.18 Å². The van der Waals surface area contributed by atoms with Crippen molar-refractivity contribution in [3.05, 3.63) is 47.8 Å². The number of nitrogens with zero attached hydrogens (tertiary/aromatic N) is 3. The molecule has 2 N–H and O–H groups in total. The Bertz CT molecular complexity index is 628. The molecular formula is C12H9F3N4O. The van der Waals surface area contributed by atoms with E-state index in [-0.39, 0.29) is 11.8 Å². The maximum atomic E-state index is 12.5. The molecule has 0 fully saturated rings. The molecule has 1 aromatic heterocycles. The van der Waals surface area contributed by atoms with Gasteiger partial charge in [-0.3, -0.25) is 0 Å². The lowest BCUT2D eigenvalue weighted by atomic mass is 10.2. The number of halogens is 3. The first-order valence-corrected chi connectivity index (χ1v) is 5.40. The molecule has 20 heavy (non-hydrogen) atoms. The van der Waals surface area contributed by atoms with Crippen LogP contribution in [0.15, 0.2) is 41.6 Å². The molecule has 104 valence electrons. The molecule has 2 rings (SSSR count). The van der Waals surface area contributed by atoms with E-state index in [4.69, 9.17) is 10.6 Å². The van der Waals surface area contributed by atoms with Crippen LogP contribution >= 0.6 is 0 Å². The van der Waals surface area contributed by atoms with Gasteiger partial charge in [0.1, 0.15) is 5.75 Å². The van der Waals surface area contributed by atoms with Crippen LogP contribution in [0.5, 0.6) is 11.8 Å². The highest BCUT2D eigenvalue weighted by Crippen LogP contribution is 2.28. The zero-order valence-corrected chi connectivity index (χ0v) is 10.0. The largest absolute Gasteiger partial charge is 0.433 e. The first kappa shape index (κ1) is 13.8. The predicted octanol–water partition coefficient (Wildman–Crippen LogP) is 2.58. The van der Waals surface area contributed by atoms with Crippen LogP contribution in [0.4, 0.5) is 13.2 Å². The second-order valence-corrected chi connectivity index (χ2v) is 3.67. The maximum Gasteiger partial charge on any atom is 0.433 e. The first-order chi connectivity index (χ1) is 9.49. The highest BCUT2D eigenvalue weighted by Gasteiger charge is 2.33. The van der Waals surface area contributed by atoms with Crippen molar-refractivity contribution < 1.29 is 17.9 Å². The van der Waals surface area contributed by atoms with Crippen molar-refractivity contribution in [2.75, 3.05) is 0 Å². The quantitative estimate of drug-likeness (QED) is 0.533. The molecule has 0 unspecified atom stereocenters. The maximum absolute atomic E-state index is 12.5. The van der Waals surface area contributed by atoms with Crippen molar-refractivity contribution in [3.63, 3.8) is 0 Å². The smallest absolute Gasteiger partial charge is 0.424 e. The molecule has 0 atom stereocenters. The number of aromatic nitrogens is 2. The molecule has 0 saturated heterocycles. The van der Waals surface area contributed by atoms with Crippen molar-refractivity contribution in [1.82, 2.24) is 9.97 Å². The SMILES string of the molecule is NN=Cc1cccc(Oc2nccc(C(F)(F)F)n2)c1. The lowest BCUT2D eigenvalue weighted by Crippen LogP contribution is -2.08. The topological polar surface area (TPSA) is 73.4 Å². The van der Waals surface area contributed by atoms with Gasteiger partial charge in [-0.05, 0) is 23.8 Å². The van der Waals surface area contributed by atoms with Gasteiger partial charge < -0.3 is 10.6 Å². The van der Waals surface area contributed by atoms with Gasteiger partial charge in [-0.15, -0.1) is 0 Å². The summed E-state index contributed by atoms with van der Waals surface area (Å²) in [5.41, 5.74) is -0.431. The van der Waals surface area contributed by atoms with E-state index in [0.29, 0.717) is 5.56 Å². The van der Waals surface area contributed by atoms with E-state index in [2.05, 4.69) is 15.1 Å². The second kappa shape index (κ2) is 5.55. The molecule has 0 spiro atoms. The number of rotatable bonds is 3. The fourth-order valence-electron chi connectivity index (χ4n) is 1.40. The summed E-state index contributed by atoms with van der Waals surface area (Å²) < 4.78 is 42.7. The zero-order valence-electron chi connectivity index (χ0n) is 10.0. The Balaban J connectivity index is 2.24. The van der Waals surface area contributed by atoms with Gasteiger partial charge in [-0.25, -0.2) is 4.98 Å². The van der Waals surface area contributed by atoms with Gasteiger partial charge in [-0.2, -0.15) is 23.3 Å². The molecule has 0 bridgehead atoms. The average Bonchev–Trinajstić information content (AvgIpc) is 2.39. The van der Waals surface area contributed by atoms with E-state index in [9.17, 15) is 13.2 Å². The Morgan fingerprint density at radius 2 is 2.05 bits per heavy atom. The molecule has 0 aliphatic carbocycles. The molecule has 0 aliphatic rings. The number of ether oxygens (including phenoxy) is 1. The summed E-state index contributed by atoms with van der Waals surface area (Å²) in [4.78, 5) is 6.93. The fraction of sp³-hybridized carbons (Fsp3) is 0.0833. The van der Waals surface area contributed by atoms with Crippen LogP contribution in [0.3, 0.4) is 0 Å². The third-order valence-electron chi connectivity index (χ3n) is 2.21. The monoisotopic (exact) mass is 282 g/mol. The Labute approximate surface area is 111 Å². The molecule has 0 radical (unpaired) electrons. The summed E-state index contributed by atoms with van der Waals surface area (Å²) in [6.07, 6.45) is -2.19. The Hall–Kier alpha value is -2.64. The van der Waals surface area contributed by atoms with Gasteiger partial charge in [0, 0.05) is 6.20 Å². The minimum absolute atomic E-state index is 0.279. The van der Waals surface area contributed by atoms with Crippen LogP contribution in [-0.2, 0) is 6.18 Å². The van der Waals surface area contributed by atoms with Crippen LogP contribution in [0, 0.1) is 0 Å². The van der Waals surface area contributed by atoms with Crippen LogP contribution in [0.25, 0.3) is 0 Å². The highest BCUT2D eigenvalue weighted by molar-refractivity contribution is 5.79. The van der Waals surface area contributed by atoms with Gasteiger partial charge in [0.25, 0.3) is 0 Å². The second-order valence-electron chi connectivity index (χ2n) is 3.67. The van der Waals surface area contributed by atoms with Crippen molar-refractivity contribution in [1.29, 1.82) is 0 Å². The Morgan fingerprint density at radius 1 is 1.25 bits per heavy atom. The molecule has 0 amide bonds. The van der Waals surface area contributed by atoms with Gasteiger partial charge in [-0.1, -0.05) is 12.1 Å². The van der Waals surface area contributed by atoms with E-state index in [1.165, 1.54) is 6.21 Å². The van der Waals surface area contributed by atoms with Crippen molar-refractivity contribution in [2.24, 2.45) is 10.9 Å². The highest BCUT2D eigenvalue weighted by atomic mass is 19.4. The molecule has 0 saturated carbocycles. The number of nitrogens with two attached hydrogens (primary N) is 1.